The fourth-order valence-electron chi connectivity index (χ4n) is 1.67. The van der Waals surface area contributed by atoms with Gasteiger partial charge in [0.2, 0.25) is 11.8 Å². The summed E-state index contributed by atoms with van der Waals surface area (Å²) in [5, 5.41) is 11.2. The highest BCUT2D eigenvalue weighted by atomic mass is 16.4. The number of rotatable bonds is 4. The Morgan fingerprint density at radius 1 is 1.62 bits per heavy atom. The van der Waals surface area contributed by atoms with Crippen molar-refractivity contribution in [2.75, 3.05) is 13.6 Å². The molecule has 6 nitrogen and oxygen atoms in total. The highest BCUT2D eigenvalue weighted by Crippen LogP contribution is 2.16. The monoisotopic (exact) mass is 228 g/mol. The molecule has 2 amide bonds. The molecule has 2 atom stereocenters. The Balaban J connectivity index is 2.53. The van der Waals surface area contributed by atoms with E-state index < -0.39 is 17.9 Å². The van der Waals surface area contributed by atoms with Crippen LogP contribution in [0.3, 0.4) is 0 Å². The van der Waals surface area contributed by atoms with Gasteiger partial charge < -0.3 is 15.3 Å². The lowest BCUT2D eigenvalue weighted by atomic mass is 10.1. The van der Waals surface area contributed by atoms with Gasteiger partial charge in [-0.25, -0.2) is 4.79 Å². The van der Waals surface area contributed by atoms with Crippen molar-refractivity contribution in [1.29, 1.82) is 0 Å². The minimum Gasteiger partial charge on any atom is -0.480 e. The first-order chi connectivity index (χ1) is 7.45. The van der Waals surface area contributed by atoms with Crippen LogP contribution >= 0.6 is 0 Å². The Kier molecular flexibility index (Phi) is 3.87. The molecule has 90 valence electrons. The van der Waals surface area contributed by atoms with E-state index in [0.29, 0.717) is 13.0 Å². The lowest BCUT2D eigenvalue weighted by Gasteiger charge is -2.15. The molecule has 0 radical (unpaired) electrons. The van der Waals surface area contributed by atoms with Gasteiger partial charge in [0.25, 0.3) is 0 Å². The van der Waals surface area contributed by atoms with Gasteiger partial charge in [-0.1, -0.05) is 6.92 Å². The van der Waals surface area contributed by atoms with Crippen LogP contribution in [-0.2, 0) is 14.4 Å². The van der Waals surface area contributed by atoms with Crippen LogP contribution in [0.1, 0.15) is 19.8 Å². The minimum atomic E-state index is -1.05. The Morgan fingerprint density at radius 3 is 2.62 bits per heavy atom. The molecule has 1 saturated heterocycles. The summed E-state index contributed by atoms with van der Waals surface area (Å²) in [6.45, 7) is 2.05. The third kappa shape index (κ3) is 2.71. The van der Waals surface area contributed by atoms with Crippen molar-refractivity contribution < 1.29 is 19.5 Å². The number of likely N-dealkylation sites (tertiary alicyclic amines) is 1. The van der Waals surface area contributed by atoms with Crippen molar-refractivity contribution in [2.24, 2.45) is 5.92 Å². The van der Waals surface area contributed by atoms with Crippen LogP contribution in [0.5, 0.6) is 0 Å². The minimum absolute atomic E-state index is 0.0801. The lowest BCUT2D eigenvalue weighted by molar-refractivity contribution is -0.142. The molecule has 2 N–H and O–H groups in total. The summed E-state index contributed by atoms with van der Waals surface area (Å²) >= 11 is 0. The second kappa shape index (κ2) is 4.96. The van der Waals surface area contributed by atoms with E-state index in [1.165, 1.54) is 4.90 Å². The maximum Gasteiger partial charge on any atom is 0.326 e. The van der Waals surface area contributed by atoms with Crippen molar-refractivity contribution >= 4 is 17.8 Å². The third-order valence-corrected chi connectivity index (χ3v) is 2.73. The van der Waals surface area contributed by atoms with Crippen molar-refractivity contribution in [3.8, 4) is 0 Å². The van der Waals surface area contributed by atoms with Crippen LogP contribution in [0.2, 0.25) is 0 Å². The van der Waals surface area contributed by atoms with Gasteiger partial charge in [0.15, 0.2) is 0 Å². The Bertz CT molecular complexity index is 316. The molecule has 1 aliphatic rings. The van der Waals surface area contributed by atoms with Gasteiger partial charge in [0, 0.05) is 20.0 Å². The molecule has 0 aliphatic carbocycles. The van der Waals surface area contributed by atoms with E-state index in [1.54, 1.807) is 14.0 Å². The van der Waals surface area contributed by atoms with Crippen LogP contribution in [0.15, 0.2) is 0 Å². The molecule has 0 bridgehead atoms. The zero-order valence-electron chi connectivity index (χ0n) is 9.40. The highest BCUT2D eigenvalue weighted by Gasteiger charge is 2.33. The number of hydrogen-bond donors (Lipinski definition) is 2. The predicted octanol–water partition coefficient (Wildman–Crippen LogP) is -0.556. The maximum atomic E-state index is 11.7. The number of nitrogens with zero attached hydrogens (tertiary/aromatic N) is 1. The maximum absolute atomic E-state index is 11.7. The number of carbonyl (C=O) groups is 3. The van der Waals surface area contributed by atoms with Crippen LogP contribution in [-0.4, -0.2) is 47.4 Å². The van der Waals surface area contributed by atoms with Crippen LogP contribution < -0.4 is 5.32 Å². The summed E-state index contributed by atoms with van der Waals surface area (Å²) in [7, 11) is 1.63. The fraction of sp³-hybridized carbons (Fsp3) is 0.700. The molecule has 1 rings (SSSR count). The zero-order chi connectivity index (χ0) is 12.3. The average molecular weight is 228 g/mol. The van der Waals surface area contributed by atoms with E-state index in [0.717, 1.165) is 0 Å². The molecule has 16 heavy (non-hydrogen) atoms. The normalized spacial score (nSPS) is 22.0. The second-order valence-electron chi connectivity index (χ2n) is 3.98. The summed E-state index contributed by atoms with van der Waals surface area (Å²) in [5.41, 5.74) is 0. The van der Waals surface area contributed by atoms with Crippen molar-refractivity contribution in [2.45, 2.75) is 25.8 Å². The van der Waals surface area contributed by atoms with Gasteiger partial charge in [-0.3, -0.25) is 9.59 Å². The summed E-state index contributed by atoms with van der Waals surface area (Å²) in [5.74, 6) is -1.91. The zero-order valence-corrected chi connectivity index (χ0v) is 9.40. The van der Waals surface area contributed by atoms with Crippen LogP contribution in [0, 0.1) is 5.92 Å². The molecule has 1 heterocycles. The highest BCUT2D eigenvalue weighted by molar-refractivity contribution is 5.91. The first-order valence-electron chi connectivity index (χ1n) is 5.22. The van der Waals surface area contributed by atoms with Crippen molar-refractivity contribution in [1.82, 2.24) is 10.2 Å². The number of aliphatic carboxylic acids is 1. The van der Waals surface area contributed by atoms with E-state index in [4.69, 9.17) is 5.11 Å². The van der Waals surface area contributed by atoms with Crippen molar-refractivity contribution in [3.05, 3.63) is 0 Å². The molecule has 0 aromatic carbocycles. The molecule has 0 spiro atoms. The van der Waals surface area contributed by atoms with E-state index in [-0.39, 0.29) is 18.2 Å². The summed E-state index contributed by atoms with van der Waals surface area (Å²) in [4.78, 5) is 35.1. The van der Waals surface area contributed by atoms with Gasteiger partial charge in [0.05, 0.1) is 5.92 Å². The Labute approximate surface area is 93.6 Å². The number of carboxylic acid groups (broad SMARTS) is 1. The molecular weight excluding hydrogens is 212 g/mol. The molecule has 1 aliphatic heterocycles. The molecule has 2 unspecified atom stereocenters. The van der Waals surface area contributed by atoms with Gasteiger partial charge in [-0.15, -0.1) is 0 Å². The third-order valence-electron chi connectivity index (χ3n) is 2.73. The molecule has 0 aromatic heterocycles. The number of carboxylic acids is 1. The number of hydrogen-bond acceptors (Lipinski definition) is 3. The van der Waals surface area contributed by atoms with E-state index in [9.17, 15) is 14.4 Å². The smallest absolute Gasteiger partial charge is 0.326 e. The van der Waals surface area contributed by atoms with Crippen molar-refractivity contribution in [3.63, 3.8) is 0 Å². The van der Waals surface area contributed by atoms with Gasteiger partial charge in [0.1, 0.15) is 6.04 Å². The Morgan fingerprint density at radius 2 is 2.25 bits per heavy atom. The van der Waals surface area contributed by atoms with Gasteiger partial charge in [-0.05, 0) is 6.42 Å². The van der Waals surface area contributed by atoms with E-state index in [2.05, 4.69) is 5.32 Å². The molecule has 1 fully saturated rings. The van der Waals surface area contributed by atoms with Crippen LogP contribution in [0.4, 0.5) is 0 Å². The first kappa shape index (κ1) is 12.5. The Hall–Kier alpha value is -1.59. The van der Waals surface area contributed by atoms with E-state index in [1.807, 2.05) is 0 Å². The number of carbonyl (C=O) groups excluding carboxylic acids is 2. The molecule has 0 saturated carbocycles. The average Bonchev–Trinajstić information content (AvgIpc) is 2.55. The molecule has 6 heteroatoms. The fourth-order valence-corrected chi connectivity index (χ4v) is 1.67. The number of nitrogens with one attached hydrogen (secondary N) is 1. The topological polar surface area (TPSA) is 86.7 Å². The standard InChI is InChI=1S/C10H16N2O4/c1-3-7(10(15)16)11-9(14)6-4-8(13)12(2)5-6/h6-7H,3-5H2,1-2H3,(H,11,14)(H,15,16). The molecule has 0 aromatic rings. The quantitative estimate of drug-likeness (QED) is 0.675. The first-order valence-corrected chi connectivity index (χ1v) is 5.22. The predicted molar refractivity (Wildman–Crippen MR) is 55.6 cm³/mol. The van der Waals surface area contributed by atoms with Gasteiger partial charge in [-0.2, -0.15) is 0 Å². The number of amides is 2. The largest absolute Gasteiger partial charge is 0.480 e. The summed E-state index contributed by atoms with van der Waals surface area (Å²) < 4.78 is 0. The van der Waals surface area contributed by atoms with Gasteiger partial charge >= 0.3 is 5.97 Å². The van der Waals surface area contributed by atoms with Crippen LogP contribution in [0.25, 0.3) is 0 Å². The lowest BCUT2D eigenvalue weighted by Crippen LogP contribution is -2.43. The SMILES string of the molecule is CCC(NC(=O)C1CC(=O)N(C)C1)C(=O)O. The molecular formula is C10H16N2O4. The summed E-state index contributed by atoms with van der Waals surface area (Å²) in [6, 6.07) is -0.867. The van der Waals surface area contributed by atoms with E-state index >= 15 is 0 Å². The summed E-state index contributed by atoms with van der Waals surface area (Å²) in [6.07, 6.45) is 0.496. The second-order valence-corrected chi connectivity index (χ2v) is 3.98.